The fraction of sp³-hybridized carbons (Fsp3) is 0.706. The van der Waals surface area contributed by atoms with Crippen LogP contribution in [-0.4, -0.2) is 6.18 Å². The molecular formula is C34H47F5. The van der Waals surface area contributed by atoms with Crippen molar-refractivity contribution in [1.29, 1.82) is 0 Å². The van der Waals surface area contributed by atoms with Crippen LogP contribution in [-0.2, 0) is 6.42 Å². The topological polar surface area (TPSA) is 0 Å². The van der Waals surface area contributed by atoms with Gasteiger partial charge in [0.1, 0.15) is 11.6 Å². The van der Waals surface area contributed by atoms with Crippen LogP contribution in [0.5, 0.6) is 0 Å². The summed E-state index contributed by atoms with van der Waals surface area (Å²) in [6.07, 6.45) is 20.8. The molecule has 0 unspecified atom stereocenters. The molecule has 0 aromatic heterocycles. The maximum Gasteiger partial charge on any atom is 0.409 e. The van der Waals surface area contributed by atoms with Crippen molar-refractivity contribution in [1.82, 2.24) is 0 Å². The molecule has 39 heavy (non-hydrogen) atoms. The van der Waals surface area contributed by atoms with Crippen LogP contribution in [0.1, 0.15) is 114 Å². The fourth-order valence-corrected chi connectivity index (χ4v) is 7.91. The van der Waals surface area contributed by atoms with Crippen molar-refractivity contribution in [3.8, 4) is 0 Å². The average Bonchev–Trinajstić information content (AvgIpc) is 2.91. The van der Waals surface area contributed by atoms with E-state index in [9.17, 15) is 22.0 Å². The molecule has 0 nitrogen and oxygen atoms in total. The van der Waals surface area contributed by atoms with Crippen LogP contribution in [0.2, 0.25) is 0 Å². The summed E-state index contributed by atoms with van der Waals surface area (Å²) < 4.78 is 65.3. The highest BCUT2D eigenvalue weighted by Crippen LogP contribution is 2.46. The van der Waals surface area contributed by atoms with Crippen molar-refractivity contribution in [3.63, 3.8) is 0 Å². The lowest BCUT2D eigenvalue weighted by Gasteiger charge is -2.41. The number of benzene rings is 1. The van der Waals surface area contributed by atoms with Gasteiger partial charge in [-0.3, -0.25) is 0 Å². The molecule has 0 N–H and O–H groups in total. The van der Waals surface area contributed by atoms with Crippen molar-refractivity contribution >= 4 is 6.08 Å². The molecular weight excluding hydrogens is 503 g/mol. The summed E-state index contributed by atoms with van der Waals surface area (Å²) in [5, 5.41) is 0. The van der Waals surface area contributed by atoms with Crippen LogP contribution in [0.3, 0.4) is 0 Å². The number of hydrogen-bond donors (Lipinski definition) is 0. The number of halogens is 5. The molecule has 0 bridgehead atoms. The Bertz CT molecular complexity index is 914. The molecule has 3 saturated carbocycles. The van der Waals surface area contributed by atoms with E-state index in [2.05, 4.69) is 19.1 Å². The van der Waals surface area contributed by atoms with E-state index in [0.29, 0.717) is 30.4 Å². The molecule has 0 saturated heterocycles. The molecule has 0 heterocycles. The maximum atomic E-state index is 14.2. The molecule has 5 heteroatoms. The molecule has 3 aliphatic carbocycles. The van der Waals surface area contributed by atoms with Gasteiger partial charge < -0.3 is 0 Å². The van der Waals surface area contributed by atoms with Crippen molar-refractivity contribution < 1.29 is 22.0 Å². The van der Waals surface area contributed by atoms with Crippen molar-refractivity contribution in [2.45, 2.75) is 116 Å². The Hall–Kier alpha value is -1.65. The van der Waals surface area contributed by atoms with E-state index >= 15 is 0 Å². The Labute approximate surface area is 232 Å². The zero-order valence-corrected chi connectivity index (χ0v) is 23.6. The first-order valence-corrected chi connectivity index (χ1v) is 15.6. The molecule has 3 fully saturated rings. The molecule has 3 aliphatic rings. The van der Waals surface area contributed by atoms with Gasteiger partial charge in [-0.15, -0.1) is 0 Å². The Balaban J connectivity index is 1.14. The van der Waals surface area contributed by atoms with Crippen LogP contribution in [0.25, 0.3) is 6.08 Å². The average molecular weight is 551 g/mol. The third-order valence-corrected chi connectivity index (χ3v) is 10.1. The van der Waals surface area contributed by atoms with E-state index in [0.717, 1.165) is 41.7 Å². The van der Waals surface area contributed by atoms with Crippen LogP contribution in [0.15, 0.2) is 30.4 Å². The minimum absolute atomic E-state index is 0.143. The molecule has 0 amide bonds. The predicted octanol–water partition coefficient (Wildman–Crippen LogP) is 11.2. The van der Waals surface area contributed by atoms with Gasteiger partial charge in [-0.2, -0.15) is 13.2 Å². The van der Waals surface area contributed by atoms with E-state index in [1.54, 1.807) is 0 Å². The summed E-state index contributed by atoms with van der Waals surface area (Å²) in [7, 11) is 0. The molecule has 0 aliphatic heterocycles. The fourth-order valence-electron chi connectivity index (χ4n) is 7.91. The summed E-state index contributed by atoms with van der Waals surface area (Å²) in [6, 6.07) is 2.29. The molecule has 0 radical (unpaired) electrons. The van der Waals surface area contributed by atoms with Crippen molar-refractivity contribution in [2.24, 2.45) is 35.5 Å². The van der Waals surface area contributed by atoms with Gasteiger partial charge in [0.05, 0.1) is 0 Å². The van der Waals surface area contributed by atoms with Gasteiger partial charge in [0.15, 0.2) is 0 Å². The first-order valence-electron chi connectivity index (χ1n) is 15.6. The Kier molecular flexibility index (Phi) is 11.1. The van der Waals surface area contributed by atoms with E-state index in [1.807, 2.05) is 0 Å². The Morgan fingerprint density at radius 2 is 1.23 bits per heavy atom. The highest BCUT2D eigenvalue weighted by molar-refractivity contribution is 5.52. The normalized spacial score (nSPS) is 30.8. The molecule has 4 rings (SSSR count). The lowest BCUT2D eigenvalue weighted by Crippen LogP contribution is -2.29. The van der Waals surface area contributed by atoms with Gasteiger partial charge in [0.25, 0.3) is 0 Å². The summed E-state index contributed by atoms with van der Waals surface area (Å²) in [6.45, 7) is 2.32. The summed E-state index contributed by atoms with van der Waals surface area (Å²) in [4.78, 5) is 0. The minimum atomic E-state index is -4.60. The summed E-state index contributed by atoms with van der Waals surface area (Å²) in [5.74, 6) is 3.45. The SMILES string of the molecule is CCCC1CCC(C2CCC(C3CCC(C=CCCc4cc(F)c(C=CC(F)(F)F)c(F)c4)CC3)CC2)CC1. The standard InChI is InChI=1S/C34H47F5/c1-2-5-24-8-12-27(13-9-24)29-16-18-30(19-17-29)28-14-10-25(11-15-28)6-3-4-7-26-22-32(35)31(33(36)23-26)20-21-34(37,38)39/h3,6,20-25,27-30H,2,4-5,7-19H2,1H3. The zero-order valence-electron chi connectivity index (χ0n) is 23.6. The minimum Gasteiger partial charge on any atom is -0.206 e. The molecule has 0 atom stereocenters. The molecule has 1 aromatic rings. The van der Waals surface area contributed by atoms with E-state index in [1.165, 1.54) is 89.9 Å². The lowest BCUT2D eigenvalue weighted by atomic mass is 9.65. The quantitative estimate of drug-likeness (QED) is 0.212. The van der Waals surface area contributed by atoms with Crippen LogP contribution >= 0.6 is 0 Å². The second-order valence-electron chi connectivity index (χ2n) is 12.7. The first-order chi connectivity index (χ1) is 18.7. The monoisotopic (exact) mass is 550 g/mol. The summed E-state index contributed by atoms with van der Waals surface area (Å²) in [5.41, 5.74) is -0.182. The van der Waals surface area contributed by atoms with Crippen molar-refractivity contribution in [2.75, 3.05) is 0 Å². The van der Waals surface area contributed by atoms with Crippen LogP contribution in [0, 0.1) is 47.1 Å². The van der Waals surface area contributed by atoms with E-state index in [-0.39, 0.29) is 6.08 Å². The lowest BCUT2D eigenvalue weighted by molar-refractivity contribution is -0.0790. The number of alkyl halides is 3. The third kappa shape index (κ3) is 9.18. The highest BCUT2D eigenvalue weighted by Gasteiger charge is 2.34. The second-order valence-corrected chi connectivity index (χ2v) is 12.7. The number of aryl methyl sites for hydroxylation is 1. The van der Waals surface area contributed by atoms with Crippen molar-refractivity contribution in [3.05, 3.63) is 53.1 Å². The van der Waals surface area contributed by atoms with E-state index in [4.69, 9.17) is 0 Å². The van der Waals surface area contributed by atoms with Gasteiger partial charge >= 0.3 is 6.18 Å². The van der Waals surface area contributed by atoms with Gasteiger partial charge in [-0.25, -0.2) is 8.78 Å². The van der Waals surface area contributed by atoms with Gasteiger partial charge in [0.2, 0.25) is 0 Å². The van der Waals surface area contributed by atoms with Crippen LogP contribution in [0.4, 0.5) is 22.0 Å². The highest BCUT2D eigenvalue weighted by atomic mass is 19.4. The maximum absolute atomic E-state index is 14.2. The van der Waals surface area contributed by atoms with Gasteiger partial charge in [0, 0.05) is 11.6 Å². The molecule has 1 aromatic carbocycles. The third-order valence-electron chi connectivity index (χ3n) is 10.1. The largest absolute Gasteiger partial charge is 0.409 e. The number of allylic oxidation sites excluding steroid dienone is 3. The second kappa shape index (κ2) is 14.3. The van der Waals surface area contributed by atoms with E-state index < -0.39 is 23.4 Å². The summed E-state index contributed by atoms with van der Waals surface area (Å²) >= 11 is 0. The first kappa shape index (κ1) is 30.3. The predicted molar refractivity (Wildman–Crippen MR) is 150 cm³/mol. The molecule has 0 spiro atoms. The zero-order chi connectivity index (χ0) is 27.8. The van der Waals surface area contributed by atoms with Crippen LogP contribution < -0.4 is 0 Å². The van der Waals surface area contributed by atoms with Gasteiger partial charge in [-0.05, 0) is 136 Å². The number of rotatable bonds is 9. The molecule has 218 valence electrons. The smallest absolute Gasteiger partial charge is 0.206 e. The Morgan fingerprint density at radius 3 is 1.72 bits per heavy atom. The van der Waals surface area contributed by atoms with Gasteiger partial charge in [-0.1, -0.05) is 44.8 Å². The number of hydrogen-bond acceptors (Lipinski definition) is 0. The Morgan fingerprint density at radius 1 is 0.744 bits per heavy atom.